The molecule has 0 radical (unpaired) electrons. The fourth-order valence-electron chi connectivity index (χ4n) is 2.11. The van der Waals surface area contributed by atoms with Gasteiger partial charge in [0.1, 0.15) is 0 Å². The molecule has 1 fully saturated rings. The molecule has 0 unspecified atom stereocenters. The predicted octanol–water partition coefficient (Wildman–Crippen LogP) is 1.45. The number of hydrogen-bond donors (Lipinski definition) is 1. The van der Waals surface area contributed by atoms with Gasteiger partial charge in [-0.3, -0.25) is 0 Å². The van der Waals surface area contributed by atoms with Crippen LogP contribution in [-0.2, 0) is 6.61 Å². The van der Waals surface area contributed by atoms with Gasteiger partial charge in [0.15, 0.2) is 0 Å². The monoisotopic (exact) mass is 221 g/mol. The van der Waals surface area contributed by atoms with Crippen molar-refractivity contribution in [1.29, 1.82) is 0 Å². The average Bonchev–Trinajstić information content (AvgIpc) is 2.78. The maximum absolute atomic E-state index is 8.92. The van der Waals surface area contributed by atoms with Crippen molar-refractivity contribution in [3.8, 4) is 0 Å². The molecule has 2 heterocycles. The molecule has 1 aliphatic heterocycles. The Balaban J connectivity index is 2.03. The van der Waals surface area contributed by atoms with Crippen LogP contribution in [-0.4, -0.2) is 28.2 Å². The number of anilines is 1. The topological polar surface area (TPSA) is 49.2 Å². The molecule has 2 rings (SSSR count). The van der Waals surface area contributed by atoms with E-state index in [1.165, 1.54) is 6.42 Å². The van der Waals surface area contributed by atoms with E-state index >= 15 is 0 Å². The molecule has 4 heteroatoms. The van der Waals surface area contributed by atoms with Gasteiger partial charge in [-0.2, -0.15) is 0 Å². The Morgan fingerprint density at radius 3 is 2.62 bits per heavy atom. The van der Waals surface area contributed by atoms with Crippen molar-refractivity contribution in [1.82, 2.24) is 9.97 Å². The highest BCUT2D eigenvalue weighted by Crippen LogP contribution is 2.25. The quantitative estimate of drug-likeness (QED) is 0.839. The van der Waals surface area contributed by atoms with Gasteiger partial charge in [0, 0.05) is 31.0 Å². The number of nitrogens with zero attached hydrogens (tertiary/aromatic N) is 3. The normalized spacial score (nSPS) is 20.8. The van der Waals surface area contributed by atoms with Gasteiger partial charge in [-0.1, -0.05) is 13.8 Å². The summed E-state index contributed by atoms with van der Waals surface area (Å²) in [5, 5.41) is 8.92. The highest BCUT2D eigenvalue weighted by atomic mass is 16.3. The second-order valence-corrected chi connectivity index (χ2v) is 4.79. The fraction of sp³-hybridized carbons (Fsp3) is 0.667. The smallest absolute Gasteiger partial charge is 0.225 e. The second kappa shape index (κ2) is 4.78. The SMILES string of the molecule is CC(C)[C@H]1CCN(c2ncc(CO)cn2)C1. The van der Waals surface area contributed by atoms with Gasteiger partial charge in [0.2, 0.25) is 5.95 Å². The van der Waals surface area contributed by atoms with Crippen molar-refractivity contribution in [2.75, 3.05) is 18.0 Å². The van der Waals surface area contributed by atoms with E-state index in [0.29, 0.717) is 0 Å². The van der Waals surface area contributed by atoms with Crippen molar-refractivity contribution in [3.63, 3.8) is 0 Å². The van der Waals surface area contributed by atoms with Crippen LogP contribution in [0.4, 0.5) is 5.95 Å². The minimum atomic E-state index is 0.00883. The Morgan fingerprint density at radius 2 is 2.12 bits per heavy atom. The third-order valence-electron chi connectivity index (χ3n) is 3.32. The van der Waals surface area contributed by atoms with Crippen molar-refractivity contribution >= 4 is 5.95 Å². The lowest BCUT2D eigenvalue weighted by molar-refractivity contribution is 0.281. The average molecular weight is 221 g/mol. The van der Waals surface area contributed by atoms with Crippen LogP contribution in [0.25, 0.3) is 0 Å². The molecule has 1 aliphatic rings. The first-order valence-corrected chi connectivity index (χ1v) is 5.87. The highest BCUT2D eigenvalue weighted by Gasteiger charge is 2.26. The Labute approximate surface area is 96.3 Å². The zero-order valence-corrected chi connectivity index (χ0v) is 9.93. The third-order valence-corrected chi connectivity index (χ3v) is 3.32. The molecule has 1 aromatic heterocycles. The van der Waals surface area contributed by atoms with Gasteiger partial charge in [-0.15, -0.1) is 0 Å². The van der Waals surface area contributed by atoms with Crippen LogP contribution in [0.15, 0.2) is 12.4 Å². The zero-order chi connectivity index (χ0) is 11.5. The second-order valence-electron chi connectivity index (χ2n) is 4.79. The summed E-state index contributed by atoms with van der Waals surface area (Å²) in [5.41, 5.74) is 0.767. The Bertz CT molecular complexity index is 337. The first-order valence-electron chi connectivity index (χ1n) is 5.87. The van der Waals surface area contributed by atoms with Crippen molar-refractivity contribution < 1.29 is 5.11 Å². The summed E-state index contributed by atoms with van der Waals surface area (Å²) < 4.78 is 0. The maximum atomic E-state index is 8.92. The number of aliphatic hydroxyl groups excluding tert-OH is 1. The molecule has 1 atom stereocenters. The van der Waals surface area contributed by atoms with Crippen LogP contribution in [0.3, 0.4) is 0 Å². The van der Waals surface area contributed by atoms with Crippen LogP contribution in [0, 0.1) is 11.8 Å². The summed E-state index contributed by atoms with van der Waals surface area (Å²) >= 11 is 0. The fourth-order valence-corrected chi connectivity index (χ4v) is 2.11. The lowest BCUT2D eigenvalue weighted by Gasteiger charge is -2.17. The van der Waals surface area contributed by atoms with Crippen LogP contribution >= 0.6 is 0 Å². The van der Waals surface area contributed by atoms with E-state index in [9.17, 15) is 0 Å². The molecule has 0 amide bonds. The van der Waals surface area contributed by atoms with E-state index in [-0.39, 0.29) is 6.61 Å². The van der Waals surface area contributed by atoms with E-state index < -0.39 is 0 Å². The summed E-state index contributed by atoms with van der Waals surface area (Å²) in [5.74, 6) is 2.27. The van der Waals surface area contributed by atoms with Crippen LogP contribution in [0.5, 0.6) is 0 Å². The van der Waals surface area contributed by atoms with Crippen molar-refractivity contribution in [2.45, 2.75) is 26.9 Å². The Morgan fingerprint density at radius 1 is 1.44 bits per heavy atom. The molecular formula is C12H19N3O. The largest absolute Gasteiger partial charge is 0.392 e. The van der Waals surface area contributed by atoms with Crippen molar-refractivity contribution in [2.24, 2.45) is 11.8 Å². The number of hydrogen-bond acceptors (Lipinski definition) is 4. The van der Waals surface area contributed by atoms with Gasteiger partial charge in [0.25, 0.3) is 0 Å². The van der Waals surface area contributed by atoms with Crippen molar-refractivity contribution in [3.05, 3.63) is 18.0 Å². The van der Waals surface area contributed by atoms with Gasteiger partial charge < -0.3 is 10.0 Å². The van der Waals surface area contributed by atoms with E-state index in [1.807, 2.05) is 0 Å². The van der Waals surface area contributed by atoms with Gasteiger partial charge in [-0.25, -0.2) is 9.97 Å². The molecule has 1 N–H and O–H groups in total. The Kier molecular flexibility index (Phi) is 3.39. The molecule has 0 aliphatic carbocycles. The van der Waals surface area contributed by atoms with Crippen LogP contribution in [0.2, 0.25) is 0 Å². The summed E-state index contributed by atoms with van der Waals surface area (Å²) in [6.07, 6.45) is 4.62. The Hall–Kier alpha value is -1.16. The van der Waals surface area contributed by atoms with Gasteiger partial charge in [-0.05, 0) is 18.3 Å². The number of aliphatic hydroxyl groups is 1. The summed E-state index contributed by atoms with van der Waals surface area (Å²) in [7, 11) is 0. The zero-order valence-electron chi connectivity index (χ0n) is 9.93. The molecule has 0 saturated carbocycles. The van der Waals surface area contributed by atoms with Crippen LogP contribution in [0.1, 0.15) is 25.8 Å². The minimum absolute atomic E-state index is 0.00883. The van der Waals surface area contributed by atoms with E-state index in [2.05, 4.69) is 28.7 Å². The first-order chi connectivity index (χ1) is 7.70. The lowest BCUT2D eigenvalue weighted by Crippen LogP contribution is -2.23. The van der Waals surface area contributed by atoms with Gasteiger partial charge in [0.05, 0.1) is 6.61 Å². The first kappa shape index (κ1) is 11.3. The van der Waals surface area contributed by atoms with Gasteiger partial charge >= 0.3 is 0 Å². The number of rotatable bonds is 3. The number of aromatic nitrogens is 2. The summed E-state index contributed by atoms with van der Waals surface area (Å²) in [4.78, 5) is 10.8. The standard InChI is InChI=1S/C12H19N3O/c1-9(2)11-3-4-15(7-11)12-13-5-10(8-16)6-14-12/h5-6,9,11,16H,3-4,7-8H2,1-2H3/t11-/m0/s1. The third kappa shape index (κ3) is 2.32. The van der Waals surface area contributed by atoms with E-state index in [4.69, 9.17) is 5.11 Å². The molecule has 4 nitrogen and oxygen atoms in total. The molecule has 0 spiro atoms. The molecule has 1 aromatic rings. The molecular weight excluding hydrogens is 202 g/mol. The molecule has 0 bridgehead atoms. The maximum Gasteiger partial charge on any atom is 0.225 e. The molecule has 88 valence electrons. The highest BCUT2D eigenvalue weighted by molar-refractivity contribution is 5.31. The molecule has 1 saturated heterocycles. The minimum Gasteiger partial charge on any atom is -0.392 e. The molecule has 16 heavy (non-hydrogen) atoms. The lowest BCUT2D eigenvalue weighted by atomic mass is 9.95. The van der Waals surface area contributed by atoms with E-state index in [0.717, 1.165) is 36.4 Å². The van der Waals surface area contributed by atoms with E-state index in [1.54, 1.807) is 12.4 Å². The summed E-state index contributed by atoms with van der Waals surface area (Å²) in [6, 6.07) is 0. The molecule has 0 aromatic carbocycles. The summed E-state index contributed by atoms with van der Waals surface area (Å²) in [6.45, 7) is 6.64. The van der Waals surface area contributed by atoms with Crippen LogP contribution < -0.4 is 4.90 Å². The predicted molar refractivity (Wildman–Crippen MR) is 63.1 cm³/mol.